The van der Waals surface area contributed by atoms with E-state index in [-0.39, 0.29) is 22.9 Å². The molecule has 1 amide bonds. The third kappa shape index (κ3) is 5.81. The summed E-state index contributed by atoms with van der Waals surface area (Å²) in [4.78, 5) is 21.5. The van der Waals surface area contributed by atoms with Gasteiger partial charge in [0.15, 0.2) is 0 Å². The first-order valence-corrected chi connectivity index (χ1v) is 14.0. The molecule has 0 N–H and O–H groups in total. The van der Waals surface area contributed by atoms with Crippen molar-refractivity contribution in [2.75, 3.05) is 37.0 Å². The predicted octanol–water partition coefficient (Wildman–Crippen LogP) is 4.57. The summed E-state index contributed by atoms with van der Waals surface area (Å²) in [6.45, 7) is 4.85. The molecule has 0 aliphatic carbocycles. The highest BCUT2D eigenvalue weighted by atomic mass is 32.2. The monoisotopic (exact) mass is 540 g/mol. The lowest BCUT2D eigenvalue weighted by Crippen LogP contribution is -2.42. The highest BCUT2D eigenvalue weighted by Crippen LogP contribution is 2.36. The van der Waals surface area contributed by atoms with Crippen molar-refractivity contribution in [3.8, 4) is 5.88 Å². The molecule has 1 aliphatic heterocycles. The Bertz CT molecular complexity index is 1360. The first-order chi connectivity index (χ1) is 18.1. The van der Waals surface area contributed by atoms with Gasteiger partial charge >= 0.3 is 0 Å². The number of halogens is 1. The molecule has 0 spiro atoms. The van der Waals surface area contributed by atoms with Gasteiger partial charge in [0.05, 0.1) is 16.3 Å². The summed E-state index contributed by atoms with van der Waals surface area (Å²) < 4.78 is 47.3. The number of amides is 1. The van der Waals surface area contributed by atoms with E-state index in [0.29, 0.717) is 48.7 Å². The van der Waals surface area contributed by atoms with Crippen molar-refractivity contribution in [3.05, 3.63) is 78.2 Å². The minimum absolute atomic E-state index is 0.0313. The molecule has 4 rings (SSSR count). The Labute approximate surface area is 223 Å². The van der Waals surface area contributed by atoms with Crippen LogP contribution in [0.25, 0.3) is 0 Å². The molecule has 10 heteroatoms. The Kier molecular flexibility index (Phi) is 8.32. The van der Waals surface area contributed by atoms with E-state index in [0.717, 1.165) is 4.31 Å². The van der Waals surface area contributed by atoms with E-state index in [1.807, 2.05) is 36.9 Å². The van der Waals surface area contributed by atoms with Gasteiger partial charge in [0.1, 0.15) is 11.9 Å². The third-order valence-electron chi connectivity index (χ3n) is 6.52. The number of carbonyl (C=O) groups is 1. The molecule has 1 fully saturated rings. The standard InChI is InChI=1S/C28H33FN4O4S/c1-20(2)33(28(34)21-11-13-23(14-12-21)38(35,36)31(3)4)25-9-7-8-24(29)27(25)32-18-15-22(16-19-32)37-26-10-5-6-17-30-26/h5-14,17,20,22H,15-16,18-19H2,1-4H3. The van der Waals surface area contributed by atoms with Crippen molar-refractivity contribution in [2.24, 2.45) is 0 Å². The van der Waals surface area contributed by atoms with Crippen LogP contribution in [0.15, 0.2) is 71.8 Å². The number of rotatable bonds is 8. The molecule has 38 heavy (non-hydrogen) atoms. The van der Waals surface area contributed by atoms with Crippen LogP contribution < -0.4 is 14.5 Å². The lowest BCUT2D eigenvalue weighted by molar-refractivity contribution is 0.0980. The van der Waals surface area contributed by atoms with Crippen LogP contribution in [0.4, 0.5) is 15.8 Å². The molecule has 202 valence electrons. The molecule has 0 atom stereocenters. The summed E-state index contributed by atoms with van der Waals surface area (Å²) in [6.07, 6.45) is 3.02. The Morgan fingerprint density at radius 2 is 1.71 bits per heavy atom. The predicted molar refractivity (Wildman–Crippen MR) is 146 cm³/mol. The fourth-order valence-corrected chi connectivity index (χ4v) is 5.44. The van der Waals surface area contributed by atoms with E-state index in [1.54, 1.807) is 23.2 Å². The summed E-state index contributed by atoms with van der Waals surface area (Å²) in [7, 11) is -0.717. The number of hydrogen-bond acceptors (Lipinski definition) is 6. The average Bonchev–Trinajstić information content (AvgIpc) is 2.90. The summed E-state index contributed by atoms with van der Waals surface area (Å²) in [5.41, 5.74) is 1.16. The van der Waals surface area contributed by atoms with Crippen LogP contribution in [-0.2, 0) is 10.0 Å². The van der Waals surface area contributed by atoms with Crippen molar-refractivity contribution in [2.45, 2.75) is 43.7 Å². The molecule has 3 aromatic rings. The molecule has 2 heterocycles. The topological polar surface area (TPSA) is 83.1 Å². The summed E-state index contributed by atoms with van der Waals surface area (Å²) in [5.74, 6) is -0.176. The number of sulfonamides is 1. The van der Waals surface area contributed by atoms with E-state index in [9.17, 15) is 13.2 Å². The van der Waals surface area contributed by atoms with Crippen LogP contribution >= 0.6 is 0 Å². The van der Waals surface area contributed by atoms with Gasteiger partial charge in [-0.25, -0.2) is 22.1 Å². The number of pyridine rings is 1. The molecule has 1 aliphatic rings. The molecule has 1 aromatic heterocycles. The maximum atomic E-state index is 15.3. The van der Waals surface area contributed by atoms with Gasteiger partial charge in [-0.05, 0) is 56.3 Å². The Morgan fingerprint density at radius 1 is 1.03 bits per heavy atom. The molecule has 0 bridgehead atoms. The second kappa shape index (κ2) is 11.5. The van der Waals surface area contributed by atoms with Crippen LogP contribution in [0, 0.1) is 5.82 Å². The zero-order valence-electron chi connectivity index (χ0n) is 22.0. The van der Waals surface area contributed by atoms with Crippen molar-refractivity contribution < 1.29 is 22.3 Å². The van der Waals surface area contributed by atoms with Gasteiger partial charge in [0, 0.05) is 63.9 Å². The van der Waals surface area contributed by atoms with Crippen LogP contribution in [-0.4, -0.2) is 62.9 Å². The molecule has 0 unspecified atom stereocenters. The first-order valence-electron chi connectivity index (χ1n) is 12.6. The van der Waals surface area contributed by atoms with Gasteiger partial charge in [-0.15, -0.1) is 0 Å². The third-order valence-corrected chi connectivity index (χ3v) is 8.35. The van der Waals surface area contributed by atoms with Gasteiger partial charge < -0.3 is 14.5 Å². The van der Waals surface area contributed by atoms with Crippen LogP contribution in [0.3, 0.4) is 0 Å². The number of aromatic nitrogens is 1. The van der Waals surface area contributed by atoms with Crippen LogP contribution in [0.2, 0.25) is 0 Å². The fraction of sp³-hybridized carbons (Fsp3) is 0.357. The van der Waals surface area contributed by atoms with E-state index >= 15 is 4.39 Å². The van der Waals surface area contributed by atoms with Gasteiger partial charge in [-0.3, -0.25) is 4.79 Å². The van der Waals surface area contributed by atoms with Gasteiger partial charge in [-0.1, -0.05) is 12.1 Å². The Morgan fingerprint density at radius 3 is 2.29 bits per heavy atom. The quantitative estimate of drug-likeness (QED) is 0.416. The first kappa shape index (κ1) is 27.5. The lowest BCUT2D eigenvalue weighted by atomic mass is 10.0. The van der Waals surface area contributed by atoms with Crippen LogP contribution in [0.5, 0.6) is 5.88 Å². The van der Waals surface area contributed by atoms with Gasteiger partial charge in [0.2, 0.25) is 15.9 Å². The fourth-order valence-electron chi connectivity index (χ4n) is 4.54. The number of hydrogen-bond donors (Lipinski definition) is 0. The summed E-state index contributed by atoms with van der Waals surface area (Å²) in [5, 5.41) is 0. The molecule has 2 aromatic carbocycles. The molecular weight excluding hydrogens is 507 g/mol. The number of piperidine rings is 1. The second-order valence-corrected chi connectivity index (χ2v) is 11.8. The van der Waals surface area contributed by atoms with Crippen LogP contribution in [0.1, 0.15) is 37.0 Å². The number of ether oxygens (including phenoxy) is 1. The van der Waals surface area contributed by atoms with Gasteiger partial charge in [0.25, 0.3) is 5.91 Å². The summed E-state index contributed by atoms with van der Waals surface area (Å²) in [6, 6.07) is 15.8. The number of nitrogens with zero attached hydrogens (tertiary/aromatic N) is 4. The van der Waals surface area contributed by atoms with E-state index in [4.69, 9.17) is 4.74 Å². The molecule has 0 saturated carbocycles. The number of carbonyl (C=O) groups excluding carboxylic acids is 1. The van der Waals surface area contributed by atoms with Crippen molar-refractivity contribution in [3.63, 3.8) is 0 Å². The Hall–Kier alpha value is -3.50. The van der Waals surface area contributed by atoms with E-state index in [1.165, 1.54) is 44.4 Å². The number of anilines is 2. The zero-order valence-corrected chi connectivity index (χ0v) is 22.9. The van der Waals surface area contributed by atoms with Gasteiger partial charge in [-0.2, -0.15) is 0 Å². The maximum Gasteiger partial charge on any atom is 0.258 e. The number of para-hydroxylation sites is 1. The zero-order chi connectivity index (χ0) is 27.4. The number of benzene rings is 2. The molecule has 1 saturated heterocycles. The maximum absolute atomic E-state index is 15.3. The lowest BCUT2D eigenvalue weighted by Gasteiger charge is -2.37. The molecular formula is C28H33FN4O4S. The van der Waals surface area contributed by atoms with E-state index < -0.39 is 15.8 Å². The Balaban J connectivity index is 1.58. The van der Waals surface area contributed by atoms with Crippen molar-refractivity contribution >= 4 is 27.3 Å². The minimum Gasteiger partial charge on any atom is -0.474 e. The second-order valence-electron chi connectivity index (χ2n) is 9.66. The normalized spacial score (nSPS) is 14.7. The molecule has 0 radical (unpaired) electrons. The minimum atomic E-state index is -3.62. The highest BCUT2D eigenvalue weighted by Gasteiger charge is 2.30. The largest absolute Gasteiger partial charge is 0.474 e. The SMILES string of the molecule is CC(C)N(C(=O)c1ccc(S(=O)(=O)N(C)C)cc1)c1cccc(F)c1N1CCC(Oc2ccccn2)CC1. The summed E-state index contributed by atoms with van der Waals surface area (Å²) >= 11 is 0. The smallest absolute Gasteiger partial charge is 0.258 e. The van der Waals surface area contributed by atoms with Crippen molar-refractivity contribution in [1.29, 1.82) is 0 Å². The highest BCUT2D eigenvalue weighted by molar-refractivity contribution is 7.89. The van der Waals surface area contributed by atoms with E-state index in [2.05, 4.69) is 4.98 Å². The van der Waals surface area contributed by atoms with Crippen molar-refractivity contribution in [1.82, 2.24) is 9.29 Å². The molecule has 8 nitrogen and oxygen atoms in total. The average molecular weight is 541 g/mol.